The van der Waals surface area contributed by atoms with Crippen molar-refractivity contribution in [2.75, 3.05) is 13.1 Å². The summed E-state index contributed by atoms with van der Waals surface area (Å²) >= 11 is 0. The second kappa shape index (κ2) is 3.08. The molecule has 2 heteroatoms. The van der Waals surface area contributed by atoms with Crippen molar-refractivity contribution in [1.29, 1.82) is 0 Å². The molecular weight excluding hydrogens is 184 g/mol. The summed E-state index contributed by atoms with van der Waals surface area (Å²) in [6, 6.07) is 8.12. The maximum Gasteiger partial charge on any atom is 0.187 e. The average Bonchev–Trinajstić information content (AvgIpc) is 2.14. The summed E-state index contributed by atoms with van der Waals surface area (Å²) in [6.07, 6.45) is 2.66. The average molecular weight is 198 g/mol. The number of hydrogen-bond acceptors (Lipinski definition) is 1. The van der Waals surface area contributed by atoms with Gasteiger partial charge < -0.3 is 5.32 Å². The third kappa shape index (κ3) is 1.35. The van der Waals surface area contributed by atoms with Gasteiger partial charge in [0.2, 0.25) is 0 Å². The van der Waals surface area contributed by atoms with Gasteiger partial charge in [0.15, 0.2) is 5.69 Å². The molecule has 1 aromatic rings. The summed E-state index contributed by atoms with van der Waals surface area (Å²) in [5.41, 5.74) is 2.81. The smallest absolute Gasteiger partial charge is 0.187 e. The van der Waals surface area contributed by atoms with Crippen molar-refractivity contribution in [3.05, 3.63) is 41.2 Å². The molecular formula is C13H14N2. The van der Waals surface area contributed by atoms with Gasteiger partial charge in [-0.2, -0.15) is 0 Å². The van der Waals surface area contributed by atoms with Crippen molar-refractivity contribution in [2.24, 2.45) is 5.41 Å². The normalized spacial score (nSPS) is 22.9. The highest BCUT2D eigenvalue weighted by atomic mass is 15.0. The number of benzene rings is 1. The Balaban J connectivity index is 1.70. The molecule has 76 valence electrons. The van der Waals surface area contributed by atoms with Gasteiger partial charge in [-0.15, -0.1) is 0 Å². The standard InChI is InChI=1S/C13H14N2/c1-14-12-4-2-10(3-5-12)11-6-13(7-11)8-15-9-13/h2-5,11,15H,6-9H2. The van der Waals surface area contributed by atoms with Crippen molar-refractivity contribution >= 4 is 5.69 Å². The molecule has 1 spiro atoms. The van der Waals surface area contributed by atoms with Crippen LogP contribution in [0.4, 0.5) is 5.69 Å². The highest BCUT2D eigenvalue weighted by Crippen LogP contribution is 2.53. The first kappa shape index (κ1) is 8.94. The third-order valence-electron chi connectivity index (χ3n) is 3.85. The number of nitrogens with one attached hydrogen (secondary N) is 1. The lowest BCUT2D eigenvalue weighted by molar-refractivity contribution is 0.0363. The van der Waals surface area contributed by atoms with Crippen LogP contribution in [-0.4, -0.2) is 13.1 Å². The topological polar surface area (TPSA) is 16.4 Å². The summed E-state index contributed by atoms with van der Waals surface area (Å²) < 4.78 is 0. The summed E-state index contributed by atoms with van der Waals surface area (Å²) in [5, 5.41) is 3.35. The zero-order valence-corrected chi connectivity index (χ0v) is 8.66. The van der Waals surface area contributed by atoms with Crippen LogP contribution in [0.15, 0.2) is 24.3 Å². The summed E-state index contributed by atoms with van der Waals surface area (Å²) in [6.45, 7) is 9.32. The largest absolute Gasteiger partial charge is 0.316 e. The van der Waals surface area contributed by atoms with Crippen LogP contribution >= 0.6 is 0 Å². The second-order valence-electron chi connectivity index (χ2n) is 4.91. The van der Waals surface area contributed by atoms with Crippen LogP contribution in [-0.2, 0) is 0 Å². The van der Waals surface area contributed by atoms with E-state index in [1.54, 1.807) is 0 Å². The first-order valence-corrected chi connectivity index (χ1v) is 5.50. The Morgan fingerprint density at radius 1 is 1.20 bits per heavy atom. The van der Waals surface area contributed by atoms with Gasteiger partial charge in [-0.3, -0.25) is 0 Å². The maximum absolute atomic E-state index is 6.90. The van der Waals surface area contributed by atoms with Gasteiger partial charge in [0, 0.05) is 13.1 Å². The summed E-state index contributed by atoms with van der Waals surface area (Å²) in [7, 11) is 0. The summed E-state index contributed by atoms with van der Waals surface area (Å²) in [5.74, 6) is 0.742. The fourth-order valence-electron chi connectivity index (χ4n) is 2.81. The Morgan fingerprint density at radius 3 is 2.33 bits per heavy atom. The van der Waals surface area contributed by atoms with E-state index < -0.39 is 0 Å². The molecule has 2 fully saturated rings. The van der Waals surface area contributed by atoms with E-state index in [1.807, 2.05) is 12.1 Å². The van der Waals surface area contributed by atoms with E-state index in [4.69, 9.17) is 6.57 Å². The van der Waals surface area contributed by atoms with Crippen molar-refractivity contribution < 1.29 is 0 Å². The van der Waals surface area contributed by atoms with Crippen molar-refractivity contribution in [3.63, 3.8) is 0 Å². The van der Waals surface area contributed by atoms with E-state index in [0.717, 1.165) is 11.6 Å². The maximum atomic E-state index is 6.90. The Bertz CT molecular complexity index is 401. The molecule has 1 heterocycles. The number of rotatable bonds is 1. The minimum Gasteiger partial charge on any atom is -0.316 e. The van der Waals surface area contributed by atoms with Gasteiger partial charge >= 0.3 is 0 Å². The molecule has 0 aromatic heterocycles. The molecule has 1 aliphatic carbocycles. The predicted octanol–water partition coefficient (Wildman–Crippen LogP) is 2.70. The molecule has 0 atom stereocenters. The molecule has 2 nitrogen and oxygen atoms in total. The van der Waals surface area contributed by atoms with Crippen LogP contribution in [0, 0.1) is 12.0 Å². The van der Waals surface area contributed by atoms with E-state index in [2.05, 4.69) is 22.3 Å². The molecule has 3 rings (SSSR count). The third-order valence-corrected chi connectivity index (χ3v) is 3.85. The minimum atomic E-state index is 0.642. The second-order valence-corrected chi connectivity index (χ2v) is 4.91. The Morgan fingerprint density at radius 2 is 1.87 bits per heavy atom. The van der Waals surface area contributed by atoms with Crippen LogP contribution in [0.3, 0.4) is 0 Å². The molecule has 1 saturated carbocycles. The summed E-state index contributed by atoms with van der Waals surface area (Å²) in [4.78, 5) is 3.41. The lowest BCUT2D eigenvalue weighted by Crippen LogP contribution is -2.59. The first-order chi connectivity index (χ1) is 7.31. The van der Waals surface area contributed by atoms with E-state index in [1.165, 1.54) is 31.5 Å². The Kier molecular flexibility index (Phi) is 1.83. The monoisotopic (exact) mass is 198 g/mol. The van der Waals surface area contributed by atoms with Gasteiger partial charge in [0.1, 0.15) is 0 Å². The van der Waals surface area contributed by atoms with Gasteiger partial charge in [0.25, 0.3) is 0 Å². The number of nitrogens with zero attached hydrogens (tertiary/aromatic N) is 1. The Hall–Kier alpha value is -1.33. The van der Waals surface area contributed by atoms with E-state index in [-0.39, 0.29) is 0 Å². The lowest BCUT2D eigenvalue weighted by Gasteiger charge is -2.54. The van der Waals surface area contributed by atoms with Crippen molar-refractivity contribution in [1.82, 2.24) is 5.32 Å². The highest BCUT2D eigenvalue weighted by molar-refractivity contribution is 5.46. The molecule has 1 N–H and O–H groups in total. The van der Waals surface area contributed by atoms with E-state index in [0.29, 0.717) is 5.41 Å². The van der Waals surface area contributed by atoms with Gasteiger partial charge in [-0.25, -0.2) is 4.85 Å². The van der Waals surface area contributed by atoms with E-state index in [9.17, 15) is 0 Å². The van der Waals surface area contributed by atoms with Gasteiger partial charge in [-0.05, 0) is 29.7 Å². The SMILES string of the molecule is [C-]#[N+]c1ccc(C2CC3(CNC3)C2)cc1. The molecule has 15 heavy (non-hydrogen) atoms. The van der Waals surface area contributed by atoms with Gasteiger partial charge in [0.05, 0.1) is 6.57 Å². The van der Waals surface area contributed by atoms with Crippen LogP contribution in [0.2, 0.25) is 0 Å². The number of hydrogen-bond donors (Lipinski definition) is 1. The van der Waals surface area contributed by atoms with Gasteiger partial charge in [-0.1, -0.05) is 24.3 Å². The zero-order chi connectivity index (χ0) is 10.3. The molecule has 0 bridgehead atoms. The van der Waals surface area contributed by atoms with E-state index >= 15 is 0 Å². The highest BCUT2D eigenvalue weighted by Gasteiger charge is 2.48. The molecule has 0 unspecified atom stereocenters. The van der Waals surface area contributed by atoms with Crippen LogP contribution in [0.5, 0.6) is 0 Å². The molecule has 1 aliphatic heterocycles. The first-order valence-electron chi connectivity index (χ1n) is 5.50. The van der Waals surface area contributed by atoms with Crippen LogP contribution in [0.25, 0.3) is 4.85 Å². The fraction of sp³-hybridized carbons (Fsp3) is 0.462. The fourth-order valence-corrected chi connectivity index (χ4v) is 2.81. The molecule has 0 radical (unpaired) electrons. The predicted molar refractivity (Wildman–Crippen MR) is 60.0 cm³/mol. The molecule has 2 aliphatic rings. The quantitative estimate of drug-likeness (QED) is 0.686. The van der Waals surface area contributed by atoms with Crippen molar-refractivity contribution in [3.8, 4) is 0 Å². The van der Waals surface area contributed by atoms with Crippen LogP contribution in [0.1, 0.15) is 24.3 Å². The zero-order valence-electron chi connectivity index (χ0n) is 8.66. The Labute approximate surface area is 90.1 Å². The molecule has 1 aromatic carbocycles. The lowest BCUT2D eigenvalue weighted by atomic mass is 9.57. The molecule has 0 amide bonds. The van der Waals surface area contributed by atoms with Crippen molar-refractivity contribution in [2.45, 2.75) is 18.8 Å². The van der Waals surface area contributed by atoms with Crippen LogP contribution < -0.4 is 5.32 Å². The minimum absolute atomic E-state index is 0.642. The molecule has 1 saturated heterocycles.